The second kappa shape index (κ2) is 8.45. The molecule has 0 saturated heterocycles. The molecule has 0 radical (unpaired) electrons. The molecule has 1 N–H and O–H groups in total. The minimum absolute atomic E-state index is 0.251. The molecule has 0 aliphatic rings. The van der Waals surface area contributed by atoms with Gasteiger partial charge < -0.3 is 10.1 Å². The number of benzene rings is 2. The van der Waals surface area contributed by atoms with E-state index in [1.807, 2.05) is 61.7 Å². The molecular weight excluding hydrogens is 432 g/mol. The van der Waals surface area contributed by atoms with Crippen LogP contribution in [0.3, 0.4) is 0 Å². The molecule has 7 heteroatoms. The minimum Gasteiger partial charge on any atom is -0.445 e. The number of rotatable bonds is 5. The standard InChI is InChI=1S/C22H19BrN4O2/c1-15-9-17(21-20-10-19(23)12-27(20)26-14-25-21)7-8-18(15)11-24-22(28)29-13-16-5-3-2-4-6-16/h2-10,12,14H,11,13H2,1H3,(H,24,28). The maximum atomic E-state index is 12.0. The molecule has 0 saturated carbocycles. The van der Waals surface area contributed by atoms with Gasteiger partial charge in [-0.15, -0.1) is 0 Å². The zero-order valence-corrected chi connectivity index (χ0v) is 17.4. The number of aryl methyl sites for hydroxylation is 1. The molecule has 0 atom stereocenters. The molecule has 4 rings (SSSR count). The van der Waals surface area contributed by atoms with Crippen LogP contribution in [0.1, 0.15) is 16.7 Å². The van der Waals surface area contributed by atoms with Gasteiger partial charge in [0.05, 0.1) is 11.2 Å². The average molecular weight is 451 g/mol. The highest BCUT2D eigenvalue weighted by Gasteiger charge is 2.10. The molecule has 1 amide bonds. The number of carbonyl (C=O) groups is 1. The summed E-state index contributed by atoms with van der Waals surface area (Å²) in [7, 11) is 0. The topological polar surface area (TPSA) is 68.5 Å². The van der Waals surface area contributed by atoms with Gasteiger partial charge in [0.2, 0.25) is 0 Å². The summed E-state index contributed by atoms with van der Waals surface area (Å²) in [5, 5.41) is 7.04. The van der Waals surface area contributed by atoms with Crippen molar-refractivity contribution >= 4 is 27.5 Å². The van der Waals surface area contributed by atoms with Crippen LogP contribution in [0.15, 0.2) is 71.6 Å². The SMILES string of the molecule is Cc1cc(-c2ncnn3cc(Br)cc23)ccc1CNC(=O)OCc1ccccc1. The molecule has 2 heterocycles. The van der Waals surface area contributed by atoms with E-state index in [-0.39, 0.29) is 6.61 Å². The lowest BCUT2D eigenvalue weighted by Crippen LogP contribution is -2.24. The van der Waals surface area contributed by atoms with Crippen LogP contribution >= 0.6 is 15.9 Å². The predicted octanol–water partition coefficient (Wildman–Crippen LogP) is 4.89. The monoisotopic (exact) mass is 450 g/mol. The number of hydrogen-bond donors (Lipinski definition) is 1. The van der Waals surface area contributed by atoms with Gasteiger partial charge in [-0.05, 0) is 51.7 Å². The van der Waals surface area contributed by atoms with Crippen molar-refractivity contribution in [2.45, 2.75) is 20.1 Å². The highest BCUT2D eigenvalue weighted by atomic mass is 79.9. The van der Waals surface area contributed by atoms with Crippen LogP contribution in [0.4, 0.5) is 4.79 Å². The van der Waals surface area contributed by atoms with Crippen LogP contribution in [0.25, 0.3) is 16.8 Å². The van der Waals surface area contributed by atoms with E-state index in [4.69, 9.17) is 4.74 Å². The van der Waals surface area contributed by atoms with E-state index >= 15 is 0 Å². The highest BCUT2D eigenvalue weighted by Crippen LogP contribution is 2.26. The molecule has 2 aromatic carbocycles. The Morgan fingerprint density at radius 1 is 1.17 bits per heavy atom. The molecule has 0 aliphatic carbocycles. The van der Waals surface area contributed by atoms with Gasteiger partial charge in [0.25, 0.3) is 0 Å². The first kappa shape index (κ1) is 19.1. The molecular formula is C22H19BrN4O2. The Kier molecular flexibility index (Phi) is 5.57. The summed E-state index contributed by atoms with van der Waals surface area (Å²) in [6.07, 6.45) is 3.00. The lowest BCUT2D eigenvalue weighted by Gasteiger charge is -2.11. The van der Waals surface area contributed by atoms with Crippen molar-refractivity contribution in [1.82, 2.24) is 19.9 Å². The van der Waals surface area contributed by atoms with Crippen LogP contribution in [-0.2, 0) is 17.9 Å². The van der Waals surface area contributed by atoms with Gasteiger partial charge in [-0.3, -0.25) is 0 Å². The Morgan fingerprint density at radius 2 is 2.00 bits per heavy atom. The van der Waals surface area contributed by atoms with Gasteiger partial charge >= 0.3 is 6.09 Å². The second-order valence-electron chi connectivity index (χ2n) is 6.65. The molecule has 0 spiro atoms. The van der Waals surface area contributed by atoms with Gasteiger partial charge in [0.1, 0.15) is 12.9 Å². The molecule has 0 bridgehead atoms. The highest BCUT2D eigenvalue weighted by molar-refractivity contribution is 9.10. The maximum Gasteiger partial charge on any atom is 0.407 e. The fourth-order valence-electron chi connectivity index (χ4n) is 3.10. The lowest BCUT2D eigenvalue weighted by molar-refractivity contribution is 0.139. The van der Waals surface area contributed by atoms with Crippen molar-refractivity contribution in [3.8, 4) is 11.3 Å². The summed E-state index contributed by atoms with van der Waals surface area (Å²) in [4.78, 5) is 16.4. The Balaban J connectivity index is 1.43. The third-order valence-electron chi connectivity index (χ3n) is 4.62. The fourth-order valence-corrected chi connectivity index (χ4v) is 3.51. The van der Waals surface area contributed by atoms with Crippen LogP contribution < -0.4 is 5.32 Å². The van der Waals surface area contributed by atoms with Gasteiger partial charge in [0.15, 0.2) is 0 Å². The summed E-state index contributed by atoms with van der Waals surface area (Å²) in [6.45, 7) is 2.67. The van der Waals surface area contributed by atoms with E-state index in [0.717, 1.165) is 37.9 Å². The molecule has 6 nitrogen and oxygen atoms in total. The van der Waals surface area contributed by atoms with E-state index in [9.17, 15) is 4.79 Å². The number of halogens is 1. The summed E-state index contributed by atoms with van der Waals surface area (Å²) in [6, 6.07) is 17.7. The normalized spacial score (nSPS) is 10.8. The average Bonchev–Trinajstić information content (AvgIpc) is 3.12. The van der Waals surface area contributed by atoms with Gasteiger partial charge in [-0.1, -0.05) is 42.5 Å². The number of nitrogens with one attached hydrogen (secondary N) is 1. The van der Waals surface area contributed by atoms with Crippen LogP contribution in [0.5, 0.6) is 0 Å². The zero-order chi connectivity index (χ0) is 20.2. The van der Waals surface area contributed by atoms with Gasteiger partial charge in [-0.25, -0.2) is 14.3 Å². The van der Waals surface area contributed by atoms with Gasteiger partial charge in [-0.2, -0.15) is 5.10 Å². The largest absolute Gasteiger partial charge is 0.445 e. The maximum absolute atomic E-state index is 12.0. The Hall–Kier alpha value is -3.19. The van der Waals surface area contributed by atoms with E-state index in [0.29, 0.717) is 6.54 Å². The number of amides is 1. The zero-order valence-electron chi connectivity index (χ0n) is 15.8. The number of aromatic nitrogens is 3. The van der Waals surface area contributed by atoms with Crippen molar-refractivity contribution in [2.75, 3.05) is 0 Å². The molecule has 146 valence electrons. The van der Waals surface area contributed by atoms with E-state index in [1.165, 1.54) is 0 Å². The number of ether oxygens (including phenoxy) is 1. The minimum atomic E-state index is -0.437. The molecule has 0 aliphatic heterocycles. The van der Waals surface area contributed by atoms with Crippen molar-refractivity contribution in [3.05, 3.63) is 88.3 Å². The molecule has 29 heavy (non-hydrogen) atoms. The van der Waals surface area contributed by atoms with Crippen LogP contribution in [0.2, 0.25) is 0 Å². The van der Waals surface area contributed by atoms with E-state index in [2.05, 4.69) is 37.4 Å². The molecule has 0 fully saturated rings. The number of hydrogen-bond acceptors (Lipinski definition) is 4. The summed E-state index contributed by atoms with van der Waals surface area (Å²) in [5.41, 5.74) is 5.82. The third-order valence-corrected chi connectivity index (χ3v) is 5.06. The molecule has 0 unspecified atom stereocenters. The Labute approximate surface area is 176 Å². The van der Waals surface area contributed by atoms with Crippen molar-refractivity contribution in [3.63, 3.8) is 0 Å². The summed E-state index contributed by atoms with van der Waals surface area (Å²) >= 11 is 3.48. The van der Waals surface area contributed by atoms with E-state index < -0.39 is 6.09 Å². The fraction of sp³-hybridized carbons (Fsp3) is 0.136. The first-order chi connectivity index (χ1) is 14.1. The van der Waals surface area contributed by atoms with Gasteiger partial charge in [0, 0.05) is 22.8 Å². The molecule has 2 aromatic heterocycles. The first-order valence-corrected chi connectivity index (χ1v) is 9.93. The first-order valence-electron chi connectivity index (χ1n) is 9.13. The smallest absolute Gasteiger partial charge is 0.407 e. The quantitative estimate of drug-likeness (QED) is 0.469. The number of nitrogens with zero attached hydrogens (tertiary/aromatic N) is 3. The van der Waals surface area contributed by atoms with E-state index in [1.54, 1.807) is 10.8 Å². The third kappa shape index (κ3) is 4.46. The van der Waals surface area contributed by atoms with Crippen molar-refractivity contribution in [1.29, 1.82) is 0 Å². The lowest BCUT2D eigenvalue weighted by atomic mass is 10.0. The van der Waals surface area contributed by atoms with Crippen molar-refractivity contribution in [2.24, 2.45) is 0 Å². The van der Waals surface area contributed by atoms with Crippen LogP contribution in [-0.4, -0.2) is 20.7 Å². The molecule has 4 aromatic rings. The summed E-state index contributed by atoms with van der Waals surface area (Å²) < 4.78 is 8.00. The number of fused-ring (bicyclic) bond motifs is 1. The Bertz CT molecular complexity index is 1160. The Morgan fingerprint density at radius 3 is 2.79 bits per heavy atom. The predicted molar refractivity (Wildman–Crippen MR) is 114 cm³/mol. The van der Waals surface area contributed by atoms with Crippen LogP contribution in [0, 0.1) is 6.92 Å². The second-order valence-corrected chi connectivity index (χ2v) is 7.57. The number of carbonyl (C=O) groups excluding carboxylic acids is 1. The summed E-state index contributed by atoms with van der Waals surface area (Å²) in [5.74, 6) is 0. The number of alkyl carbamates (subject to hydrolysis) is 1. The van der Waals surface area contributed by atoms with Crippen molar-refractivity contribution < 1.29 is 9.53 Å².